The van der Waals surface area contributed by atoms with Crippen LogP contribution in [0.5, 0.6) is 5.75 Å². The van der Waals surface area contributed by atoms with Crippen LogP contribution >= 0.6 is 15.9 Å². The average molecular weight is 327 g/mol. The molecule has 2 rings (SSSR count). The van der Waals surface area contributed by atoms with E-state index in [0.717, 1.165) is 35.2 Å². The van der Waals surface area contributed by atoms with Crippen molar-refractivity contribution in [1.82, 2.24) is 4.90 Å². The Morgan fingerprint density at radius 3 is 2.89 bits per heavy atom. The predicted molar refractivity (Wildman–Crippen MR) is 78.2 cm³/mol. The van der Waals surface area contributed by atoms with Crippen molar-refractivity contribution in [3.63, 3.8) is 0 Å². The topological polar surface area (TPSA) is 55.6 Å². The maximum atomic E-state index is 11.9. The number of ether oxygens (including phenoxy) is 1. The third kappa shape index (κ3) is 3.28. The van der Waals surface area contributed by atoms with E-state index in [9.17, 15) is 4.79 Å². The Labute approximate surface area is 122 Å². The third-order valence-electron chi connectivity index (χ3n) is 3.23. The summed E-state index contributed by atoms with van der Waals surface area (Å²) in [5, 5.41) is 0. The summed E-state index contributed by atoms with van der Waals surface area (Å²) in [6.07, 6.45) is 1.08. The van der Waals surface area contributed by atoms with Gasteiger partial charge in [0.1, 0.15) is 5.75 Å². The summed E-state index contributed by atoms with van der Waals surface area (Å²) in [7, 11) is 1.80. The molecule has 1 aromatic carbocycles. The number of hydrogen-bond donors (Lipinski definition) is 1. The average Bonchev–Trinajstić information content (AvgIpc) is 2.64. The number of halogens is 1. The van der Waals surface area contributed by atoms with E-state index in [-0.39, 0.29) is 18.1 Å². The SMILES string of the molecule is CC(N)Cc1cccc(Br)c1OC1CCN(C)C1=O. The number of likely N-dealkylation sites (tertiary alicyclic amines) is 1. The highest BCUT2D eigenvalue weighted by Crippen LogP contribution is 2.32. The molecule has 0 aliphatic carbocycles. The van der Waals surface area contributed by atoms with Gasteiger partial charge < -0.3 is 15.4 Å². The van der Waals surface area contributed by atoms with E-state index in [1.165, 1.54) is 0 Å². The number of likely N-dealkylation sites (N-methyl/N-ethyl adjacent to an activating group) is 1. The summed E-state index contributed by atoms with van der Waals surface area (Å²) in [4.78, 5) is 13.6. The van der Waals surface area contributed by atoms with Crippen LogP contribution in [0.25, 0.3) is 0 Å². The Hall–Kier alpha value is -1.07. The second-order valence-electron chi connectivity index (χ2n) is 5.06. The summed E-state index contributed by atoms with van der Waals surface area (Å²) in [6.45, 7) is 2.70. The number of carbonyl (C=O) groups is 1. The van der Waals surface area contributed by atoms with Gasteiger partial charge in [-0.15, -0.1) is 0 Å². The summed E-state index contributed by atoms with van der Waals surface area (Å²) in [5.41, 5.74) is 6.89. The summed E-state index contributed by atoms with van der Waals surface area (Å²) in [6, 6.07) is 5.92. The van der Waals surface area contributed by atoms with E-state index < -0.39 is 0 Å². The van der Waals surface area contributed by atoms with Gasteiger partial charge in [-0.25, -0.2) is 0 Å². The quantitative estimate of drug-likeness (QED) is 0.920. The highest BCUT2D eigenvalue weighted by Gasteiger charge is 2.31. The molecule has 1 heterocycles. The molecule has 0 spiro atoms. The zero-order valence-electron chi connectivity index (χ0n) is 11.2. The fourth-order valence-electron chi connectivity index (χ4n) is 2.24. The maximum Gasteiger partial charge on any atom is 0.263 e. The van der Waals surface area contributed by atoms with Crippen LogP contribution < -0.4 is 10.5 Å². The second-order valence-corrected chi connectivity index (χ2v) is 5.92. The van der Waals surface area contributed by atoms with Crippen molar-refractivity contribution in [1.29, 1.82) is 0 Å². The Kier molecular flexibility index (Phi) is 4.47. The van der Waals surface area contributed by atoms with Gasteiger partial charge in [0.15, 0.2) is 6.10 Å². The molecular weight excluding hydrogens is 308 g/mol. The lowest BCUT2D eigenvalue weighted by atomic mass is 10.1. The zero-order valence-corrected chi connectivity index (χ0v) is 12.8. The molecule has 0 bridgehead atoms. The molecule has 5 heteroatoms. The molecular formula is C14H19BrN2O2. The molecule has 0 saturated carbocycles. The van der Waals surface area contributed by atoms with Crippen LogP contribution in [0, 0.1) is 0 Å². The van der Waals surface area contributed by atoms with Crippen LogP contribution in [0.3, 0.4) is 0 Å². The summed E-state index contributed by atoms with van der Waals surface area (Å²) < 4.78 is 6.80. The number of amides is 1. The van der Waals surface area contributed by atoms with Gasteiger partial charge in [-0.2, -0.15) is 0 Å². The minimum Gasteiger partial charge on any atom is -0.479 e. The molecule has 2 atom stereocenters. The van der Waals surface area contributed by atoms with Crippen LogP contribution in [0.15, 0.2) is 22.7 Å². The van der Waals surface area contributed by atoms with E-state index in [4.69, 9.17) is 10.5 Å². The first-order valence-electron chi connectivity index (χ1n) is 6.43. The molecule has 1 saturated heterocycles. The van der Waals surface area contributed by atoms with E-state index in [0.29, 0.717) is 0 Å². The van der Waals surface area contributed by atoms with E-state index in [1.807, 2.05) is 25.1 Å². The number of rotatable bonds is 4. The molecule has 1 amide bonds. The summed E-state index contributed by atoms with van der Waals surface area (Å²) in [5.74, 6) is 0.788. The normalized spacial score (nSPS) is 20.7. The lowest BCUT2D eigenvalue weighted by Gasteiger charge is -2.18. The number of benzene rings is 1. The van der Waals surface area contributed by atoms with Crippen molar-refractivity contribution in [3.05, 3.63) is 28.2 Å². The first kappa shape index (κ1) is 14.3. The number of hydrogen-bond acceptors (Lipinski definition) is 3. The van der Waals surface area contributed by atoms with Crippen molar-refractivity contribution in [2.24, 2.45) is 5.73 Å². The number of nitrogens with zero attached hydrogens (tertiary/aromatic N) is 1. The van der Waals surface area contributed by atoms with E-state index in [1.54, 1.807) is 11.9 Å². The van der Waals surface area contributed by atoms with Gasteiger partial charge in [-0.3, -0.25) is 4.79 Å². The smallest absolute Gasteiger partial charge is 0.263 e. The number of carbonyl (C=O) groups excluding carboxylic acids is 1. The van der Waals surface area contributed by atoms with Gasteiger partial charge in [0.25, 0.3) is 5.91 Å². The van der Waals surface area contributed by atoms with Crippen molar-refractivity contribution < 1.29 is 9.53 Å². The van der Waals surface area contributed by atoms with E-state index >= 15 is 0 Å². The fourth-order valence-corrected chi connectivity index (χ4v) is 2.74. The third-order valence-corrected chi connectivity index (χ3v) is 3.85. The molecule has 104 valence electrons. The maximum absolute atomic E-state index is 11.9. The molecule has 0 aromatic heterocycles. The summed E-state index contributed by atoms with van der Waals surface area (Å²) >= 11 is 3.49. The van der Waals surface area contributed by atoms with Crippen molar-refractivity contribution in [3.8, 4) is 5.75 Å². The highest BCUT2D eigenvalue weighted by atomic mass is 79.9. The lowest BCUT2D eigenvalue weighted by molar-refractivity contribution is -0.132. The minimum atomic E-state index is -0.379. The first-order valence-corrected chi connectivity index (χ1v) is 7.23. The van der Waals surface area contributed by atoms with Crippen molar-refractivity contribution in [2.45, 2.75) is 31.9 Å². The molecule has 4 nitrogen and oxygen atoms in total. The monoisotopic (exact) mass is 326 g/mol. The van der Waals surface area contributed by atoms with Gasteiger partial charge in [-0.05, 0) is 40.9 Å². The Morgan fingerprint density at radius 1 is 1.58 bits per heavy atom. The molecule has 19 heavy (non-hydrogen) atoms. The molecule has 1 aliphatic heterocycles. The minimum absolute atomic E-state index is 0.0440. The molecule has 1 aliphatic rings. The first-order chi connectivity index (χ1) is 8.99. The molecule has 2 unspecified atom stereocenters. The number of para-hydroxylation sites is 1. The van der Waals surface area contributed by atoms with Gasteiger partial charge in [0.05, 0.1) is 4.47 Å². The van der Waals surface area contributed by atoms with Crippen LogP contribution in [0.2, 0.25) is 0 Å². The van der Waals surface area contributed by atoms with Gasteiger partial charge >= 0.3 is 0 Å². The van der Waals surface area contributed by atoms with Gasteiger partial charge in [-0.1, -0.05) is 12.1 Å². The highest BCUT2D eigenvalue weighted by molar-refractivity contribution is 9.10. The standard InChI is InChI=1S/C14H19BrN2O2/c1-9(16)8-10-4-3-5-11(15)13(10)19-12-6-7-17(2)14(12)18/h3-5,9,12H,6-8,16H2,1-2H3. The Balaban J connectivity index is 2.21. The molecule has 0 radical (unpaired) electrons. The largest absolute Gasteiger partial charge is 0.479 e. The van der Waals surface area contributed by atoms with Crippen LogP contribution in [0.1, 0.15) is 18.9 Å². The lowest BCUT2D eigenvalue weighted by Crippen LogP contribution is -2.30. The molecule has 2 N–H and O–H groups in total. The van der Waals surface area contributed by atoms with Crippen LogP contribution in [0.4, 0.5) is 0 Å². The number of nitrogens with two attached hydrogens (primary N) is 1. The Bertz CT molecular complexity index is 477. The fraction of sp³-hybridized carbons (Fsp3) is 0.500. The Morgan fingerprint density at radius 2 is 2.32 bits per heavy atom. The zero-order chi connectivity index (χ0) is 14.0. The van der Waals surface area contributed by atoms with Crippen LogP contribution in [-0.4, -0.2) is 36.5 Å². The van der Waals surface area contributed by atoms with Crippen molar-refractivity contribution >= 4 is 21.8 Å². The van der Waals surface area contributed by atoms with Crippen LogP contribution in [-0.2, 0) is 11.2 Å². The molecule has 1 fully saturated rings. The van der Waals surface area contributed by atoms with Crippen molar-refractivity contribution in [2.75, 3.05) is 13.6 Å². The second kappa shape index (κ2) is 5.92. The molecule has 1 aromatic rings. The predicted octanol–water partition coefficient (Wildman–Crippen LogP) is 1.95. The van der Waals surface area contributed by atoms with Gasteiger partial charge in [0, 0.05) is 26.1 Å². The van der Waals surface area contributed by atoms with Gasteiger partial charge in [0.2, 0.25) is 0 Å². The van der Waals surface area contributed by atoms with E-state index in [2.05, 4.69) is 15.9 Å².